The summed E-state index contributed by atoms with van der Waals surface area (Å²) in [5.74, 6) is -0.0427. The van der Waals surface area contributed by atoms with E-state index >= 15 is 0 Å². The zero-order valence-electron chi connectivity index (χ0n) is 14.0. The molecule has 3 aromatic carbocycles. The summed E-state index contributed by atoms with van der Waals surface area (Å²) in [6, 6.07) is 21.7. The van der Waals surface area contributed by atoms with E-state index in [0.29, 0.717) is 27.3 Å². The van der Waals surface area contributed by atoms with Crippen molar-refractivity contribution in [3.63, 3.8) is 0 Å². The van der Waals surface area contributed by atoms with Gasteiger partial charge in [0.25, 0.3) is 0 Å². The van der Waals surface area contributed by atoms with Crippen molar-refractivity contribution in [2.24, 2.45) is 0 Å². The molecule has 0 amide bonds. The van der Waals surface area contributed by atoms with Crippen molar-refractivity contribution >= 4 is 45.5 Å². The summed E-state index contributed by atoms with van der Waals surface area (Å²) >= 11 is 4.78. The molecule has 0 saturated carbocycles. The average Bonchev–Trinajstić information content (AvgIpc) is 2.99. The first-order chi connectivity index (χ1) is 13.1. The lowest BCUT2D eigenvalue weighted by Gasteiger charge is -2.08. The first-order valence-electron chi connectivity index (χ1n) is 8.22. The summed E-state index contributed by atoms with van der Waals surface area (Å²) < 4.78 is 6.39. The molecule has 0 unspecified atom stereocenters. The number of rotatable bonds is 3. The van der Waals surface area contributed by atoms with Crippen LogP contribution in [0.1, 0.15) is 26.3 Å². The maximum absolute atomic E-state index is 12.6. The molecule has 1 heterocycles. The number of allylic oxidation sites excluding steroid dienone is 1. The third-order valence-corrected chi connectivity index (χ3v) is 5.64. The Hall–Kier alpha value is -2.63. The minimum absolute atomic E-state index is 0.0104. The normalized spacial score (nSPS) is 14.3. The van der Waals surface area contributed by atoms with E-state index in [1.54, 1.807) is 36.4 Å². The van der Waals surface area contributed by atoms with Gasteiger partial charge >= 0.3 is 5.97 Å². The first kappa shape index (κ1) is 17.8. The maximum atomic E-state index is 12.6. The van der Waals surface area contributed by atoms with Gasteiger partial charge in [-0.05, 0) is 42.5 Å². The van der Waals surface area contributed by atoms with E-state index in [0.717, 1.165) is 9.37 Å². The molecule has 132 valence electrons. The molecule has 0 aromatic heterocycles. The van der Waals surface area contributed by atoms with Gasteiger partial charge < -0.3 is 4.74 Å². The number of para-hydroxylation sites is 1. The average molecular weight is 437 g/mol. The number of Topliss-reactive ketones (excluding diaryl/α,β-unsaturated/α-hetero) is 1. The number of carbonyl (C=O) groups excluding carboxylic acids is 2. The molecular weight excluding hydrogens is 424 g/mol. The van der Waals surface area contributed by atoms with Gasteiger partial charge in [-0.15, -0.1) is 0 Å². The van der Waals surface area contributed by atoms with Crippen LogP contribution in [-0.4, -0.2) is 11.8 Å². The van der Waals surface area contributed by atoms with Crippen LogP contribution >= 0.6 is 27.7 Å². The van der Waals surface area contributed by atoms with Crippen LogP contribution in [0.15, 0.2) is 87.1 Å². The van der Waals surface area contributed by atoms with Gasteiger partial charge in [-0.25, -0.2) is 4.79 Å². The van der Waals surface area contributed by atoms with E-state index in [-0.39, 0.29) is 5.78 Å². The van der Waals surface area contributed by atoms with Crippen LogP contribution in [0.5, 0.6) is 5.75 Å². The van der Waals surface area contributed by atoms with Gasteiger partial charge in [-0.3, -0.25) is 4.79 Å². The Morgan fingerprint density at radius 1 is 0.963 bits per heavy atom. The lowest BCUT2D eigenvalue weighted by atomic mass is 10.1. The second-order valence-corrected chi connectivity index (χ2v) is 7.87. The molecule has 0 fully saturated rings. The third kappa shape index (κ3) is 3.75. The molecule has 0 spiro atoms. The highest BCUT2D eigenvalue weighted by molar-refractivity contribution is 9.10. The van der Waals surface area contributed by atoms with E-state index in [1.807, 2.05) is 42.5 Å². The van der Waals surface area contributed by atoms with E-state index in [9.17, 15) is 9.59 Å². The molecule has 1 aliphatic heterocycles. The SMILES string of the molecule is O=C(Oc1ccccc1/C=C1/Sc2ccccc2C1=O)c1cccc(Br)c1. The van der Waals surface area contributed by atoms with Gasteiger partial charge in [0.05, 0.1) is 10.5 Å². The van der Waals surface area contributed by atoms with E-state index in [1.165, 1.54) is 11.8 Å². The summed E-state index contributed by atoms with van der Waals surface area (Å²) in [7, 11) is 0. The van der Waals surface area contributed by atoms with Crippen molar-refractivity contribution in [2.45, 2.75) is 4.90 Å². The Balaban J connectivity index is 1.63. The fraction of sp³-hybridized carbons (Fsp3) is 0. The Morgan fingerprint density at radius 2 is 1.74 bits per heavy atom. The van der Waals surface area contributed by atoms with E-state index < -0.39 is 5.97 Å². The lowest BCUT2D eigenvalue weighted by molar-refractivity contribution is 0.0734. The first-order valence-corrected chi connectivity index (χ1v) is 9.83. The largest absolute Gasteiger partial charge is 0.422 e. The molecule has 0 N–H and O–H groups in total. The second-order valence-electron chi connectivity index (χ2n) is 5.87. The van der Waals surface area contributed by atoms with Crippen molar-refractivity contribution in [1.82, 2.24) is 0 Å². The van der Waals surface area contributed by atoms with Crippen molar-refractivity contribution in [1.29, 1.82) is 0 Å². The van der Waals surface area contributed by atoms with Crippen molar-refractivity contribution in [2.75, 3.05) is 0 Å². The topological polar surface area (TPSA) is 43.4 Å². The monoisotopic (exact) mass is 436 g/mol. The zero-order chi connectivity index (χ0) is 18.8. The molecule has 0 bridgehead atoms. The Bertz CT molecular complexity index is 1090. The van der Waals surface area contributed by atoms with Crippen LogP contribution in [0.2, 0.25) is 0 Å². The molecule has 4 rings (SSSR count). The van der Waals surface area contributed by atoms with Gasteiger partial charge in [0, 0.05) is 20.5 Å². The number of ketones is 1. The van der Waals surface area contributed by atoms with Crippen molar-refractivity contribution in [3.8, 4) is 5.75 Å². The van der Waals surface area contributed by atoms with Gasteiger partial charge in [0.15, 0.2) is 0 Å². The minimum Gasteiger partial charge on any atom is -0.422 e. The molecule has 5 heteroatoms. The quantitative estimate of drug-likeness (QED) is 0.287. The number of fused-ring (bicyclic) bond motifs is 1. The fourth-order valence-electron chi connectivity index (χ4n) is 2.74. The Morgan fingerprint density at radius 3 is 2.56 bits per heavy atom. The van der Waals surface area contributed by atoms with Gasteiger partial charge in [-0.1, -0.05) is 64.1 Å². The van der Waals surface area contributed by atoms with Crippen LogP contribution in [0.25, 0.3) is 6.08 Å². The molecule has 0 saturated heterocycles. The number of carbonyl (C=O) groups is 2. The molecule has 3 nitrogen and oxygen atoms in total. The summed E-state index contributed by atoms with van der Waals surface area (Å²) in [4.78, 5) is 26.6. The Labute approximate surface area is 169 Å². The van der Waals surface area contributed by atoms with E-state index in [2.05, 4.69) is 15.9 Å². The molecular formula is C22H13BrO3S. The summed E-state index contributed by atoms with van der Waals surface area (Å²) in [5, 5.41) is 0. The number of hydrogen-bond donors (Lipinski definition) is 0. The number of benzene rings is 3. The predicted octanol–water partition coefficient (Wildman–Crippen LogP) is 6.00. The van der Waals surface area contributed by atoms with Crippen LogP contribution < -0.4 is 4.74 Å². The molecule has 1 aliphatic rings. The second kappa shape index (κ2) is 7.55. The number of hydrogen-bond acceptors (Lipinski definition) is 4. The molecule has 3 aromatic rings. The smallest absolute Gasteiger partial charge is 0.343 e. The lowest BCUT2D eigenvalue weighted by Crippen LogP contribution is -2.09. The van der Waals surface area contributed by atoms with Crippen LogP contribution in [-0.2, 0) is 0 Å². The highest BCUT2D eigenvalue weighted by Crippen LogP contribution is 2.41. The number of halogens is 1. The Kier molecular flexibility index (Phi) is 4.97. The predicted molar refractivity (Wildman–Crippen MR) is 110 cm³/mol. The molecule has 0 aliphatic carbocycles. The van der Waals surface area contributed by atoms with Gasteiger partial charge in [0.2, 0.25) is 5.78 Å². The molecule has 0 radical (unpaired) electrons. The number of ether oxygens (including phenoxy) is 1. The standard InChI is InChI=1S/C22H13BrO3S/c23-16-8-5-7-15(12-16)22(25)26-18-10-3-1-6-14(18)13-20-21(24)17-9-2-4-11-19(17)27-20/h1-13H/b20-13+. The summed E-state index contributed by atoms with van der Waals surface area (Å²) in [5.41, 5.74) is 1.84. The third-order valence-electron chi connectivity index (χ3n) is 4.04. The summed E-state index contributed by atoms with van der Waals surface area (Å²) in [6.07, 6.45) is 1.77. The highest BCUT2D eigenvalue weighted by Gasteiger charge is 2.25. The molecule has 27 heavy (non-hydrogen) atoms. The minimum atomic E-state index is -0.448. The highest BCUT2D eigenvalue weighted by atomic mass is 79.9. The van der Waals surface area contributed by atoms with Gasteiger partial charge in [0.1, 0.15) is 5.75 Å². The van der Waals surface area contributed by atoms with Crippen LogP contribution in [0.4, 0.5) is 0 Å². The van der Waals surface area contributed by atoms with Crippen LogP contribution in [0, 0.1) is 0 Å². The molecule has 0 atom stereocenters. The number of thioether (sulfide) groups is 1. The maximum Gasteiger partial charge on any atom is 0.343 e. The number of esters is 1. The fourth-order valence-corrected chi connectivity index (χ4v) is 4.19. The van der Waals surface area contributed by atoms with Crippen molar-refractivity contribution in [3.05, 3.63) is 98.9 Å². The van der Waals surface area contributed by atoms with Crippen LogP contribution in [0.3, 0.4) is 0 Å². The van der Waals surface area contributed by atoms with Crippen molar-refractivity contribution < 1.29 is 14.3 Å². The van der Waals surface area contributed by atoms with Gasteiger partial charge in [-0.2, -0.15) is 0 Å². The summed E-state index contributed by atoms with van der Waals surface area (Å²) in [6.45, 7) is 0. The van der Waals surface area contributed by atoms with E-state index in [4.69, 9.17) is 4.74 Å². The zero-order valence-corrected chi connectivity index (χ0v) is 16.4.